The van der Waals surface area contributed by atoms with Gasteiger partial charge in [-0.3, -0.25) is 4.79 Å². The van der Waals surface area contributed by atoms with Gasteiger partial charge in [-0.15, -0.1) is 5.10 Å². The third-order valence-corrected chi connectivity index (χ3v) is 5.34. The van der Waals surface area contributed by atoms with Crippen molar-refractivity contribution in [2.24, 2.45) is 10.8 Å². The van der Waals surface area contributed by atoms with Gasteiger partial charge in [0.2, 0.25) is 5.91 Å². The number of rotatable bonds is 7. The minimum Gasteiger partial charge on any atom is -0.351 e. The fraction of sp³-hybridized carbons (Fsp3) is 0.773. The lowest BCUT2D eigenvalue weighted by molar-refractivity contribution is -0.137. The highest BCUT2D eigenvalue weighted by molar-refractivity contribution is 5.83. The van der Waals surface area contributed by atoms with Gasteiger partial charge in [-0.2, -0.15) is 0 Å². The molecule has 0 saturated carbocycles. The van der Waals surface area contributed by atoms with Crippen LogP contribution in [0.5, 0.6) is 0 Å². The topological polar surface area (TPSA) is 63.1 Å². The summed E-state index contributed by atoms with van der Waals surface area (Å²) in [6, 6.07) is 2.98. The summed E-state index contributed by atoms with van der Waals surface area (Å²) in [5.41, 5.74) is -0.595. The molecular formula is C22H39N5O. The van der Waals surface area contributed by atoms with Crippen LogP contribution in [0.2, 0.25) is 0 Å². The van der Waals surface area contributed by atoms with Crippen LogP contribution >= 0.6 is 0 Å². The minimum atomic E-state index is -0.692. The summed E-state index contributed by atoms with van der Waals surface area (Å²) in [6.07, 6.45) is 2.80. The Hall–Kier alpha value is -2.03. The van der Waals surface area contributed by atoms with Crippen molar-refractivity contribution in [3.63, 3.8) is 0 Å². The predicted octanol–water partition coefficient (Wildman–Crippen LogP) is 3.78. The molecule has 0 saturated heterocycles. The molecule has 1 aromatic rings. The first-order chi connectivity index (χ1) is 12.5. The van der Waals surface area contributed by atoms with Gasteiger partial charge in [0.15, 0.2) is 0 Å². The summed E-state index contributed by atoms with van der Waals surface area (Å²) in [7, 11) is 1.91. The quantitative estimate of drug-likeness (QED) is 0.569. The summed E-state index contributed by atoms with van der Waals surface area (Å²) < 4.78 is 1.80. The summed E-state index contributed by atoms with van der Waals surface area (Å²) in [4.78, 5) is 15.1. The molecule has 28 heavy (non-hydrogen) atoms. The molecule has 1 N–H and O–H groups in total. The number of nitrogens with one attached hydrogen (secondary N) is 1. The van der Waals surface area contributed by atoms with Gasteiger partial charge in [-0.25, -0.2) is 4.68 Å². The Kier molecular flexibility index (Phi) is 6.98. The van der Waals surface area contributed by atoms with Gasteiger partial charge in [0.25, 0.3) is 0 Å². The lowest BCUT2D eigenvalue weighted by Gasteiger charge is -2.43. The van der Waals surface area contributed by atoms with Gasteiger partial charge in [-0.1, -0.05) is 31.9 Å². The maximum absolute atomic E-state index is 13.3. The Morgan fingerprint density at radius 3 is 2.21 bits per heavy atom. The molecule has 1 amide bonds. The highest BCUT2D eigenvalue weighted by atomic mass is 16.2. The molecule has 6 nitrogen and oxygen atoms in total. The van der Waals surface area contributed by atoms with Crippen molar-refractivity contribution in [1.29, 1.82) is 0 Å². The molecule has 0 aliphatic carbocycles. The second-order valence-corrected chi connectivity index (χ2v) is 10.6. The van der Waals surface area contributed by atoms with Gasteiger partial charge in [0.05, 0.1) is 23.7 Å². The molecule has 1 heterocycles. The van der Waals surface area contributed by atoms with E-state index in [1.54, 1.807) is 11.6 Å². The number of carbonyl (C=O) groups is 1. The molecule has 0 radical (unpaired) electrons. The van der Waals surface area contributed by atoms with Crippen LogP contribution in [-0.2, 0) is 16.9 Å². The zero-order valence-electron chi connectivity index (χ0n) is 19.7. The second kappa shape index (κ2) is 8.14. The average molecular weight is 390 g/mol. The summed E-state index contributed by atoms with van der Waals surface area (Å²) in [5.74, 6) is 2.88. The molecule has 0 fully saturated rings. The van der Waals surface area contributed by atoms with E-state index in [1.807, 2.05) is 45.8 Å². The van der Waals surface area contributed by atoms with Crippen LogP contribution in [-0.4, -0.2) is 38.4 Å². The molecule has 0 spiro atoms. The lowest BCUT2D eigenvalue weighted by atomic mass is 9.72. The van der Waals surface area contributed by atoms with E-state index in [0.29, 0.717) is 6.54 Å². The third-order valence-electron chi connectivity index (χ3n) is 5.34. The number of hydrogen-bond acceptors (Lipinski definition) is 4. The smallest absolute Gasteiger partial charge is 0.228 e. The monoisotopic (exact) mass is 389 g/mol. The fourth-order valence-corrected chi connectivity index (χ4v) is 3.52. The van der Waals surface area contributed by atoms with Gasteiger partial charge >= 0.3 is 0 Å². The van der Waals surface area contributed by atoms with Crippen molar-refractivity contribution in [1.82, 2.24) is 25.2 Å². The van der Waals surface area contributed by atoms with Crippen molar-refractivity contribution >= 4 is 5.91 Å². The Morgan fingerprint density at radius 1 is 1.14 bits per heavy atom. The number of carbonyl (C=O) groups excluding carboxylic acids is 1. The van der Waals surface area contributed by atoms with E-state index >= 15 is 0 Å². The van der Waals surface area contributed by atoms with Crippen molar-refractivity contribution < 1.29 is 4.79 Å². The highest BCUT2D eigenvalue weighted by Gasteiger charge is 2.47. The van der Waals surface area contributed by atoms with Gasteiger partial charge in [0.1, 0.15) is 5.69 Å². The van der Waals surface area contributed by atoms with Crippen molar-refractivity contribution in [3.8, 4) is 12.0 Å². The number of aromatic nitrogens is 3. The van der Waals surface area contributed by atoms with Gasteiger partial charge in [0, 0.05) is 18.6 Å². The number of hydrogen-bond donors (Lipinski definition) is 1. The van der Waals surface area contributed by atoms with E-state index < -0.39 is 11.0 Å². The second-order valence-electron chi connectivity index (χ2n) is 10.6. The average Bonchev–Trinajstić information content (AvgIpc) is 2.92. The lowest BCUT2D eigenvalue weighted by Crippen LogP contribution is -2.57. The molecule has 1 aromatic heterocycles. The standard InChI is InChI=1S/C22H39N5O/c1-12-13-26(11)14-17-15-27(25-24-17)22(9,10)21(7,8)18(28)23-20(5,6)16-19(2,3)4/h15H,14,16H2,1-11H3,(H,23,28). The van der Waals surface area contributed by atoms with E-state index in [2.05, 4.69) is 62.2 Å². The Labute approximate surface area is 171 Å². The molecule has 1 rings (SSSR count). The summed E-state index contributed by atoms with van der Waals surface area (Å²) in [5, 5.41) is 11.8. The Morgan fingerprint density at radius 2 is 1.71 bits per heavy atom. The Bertz CT molecular complexity index is 741. The van der Waals surface area contributed by atoms with Crippen LogP contribution in [0.3, 0.4) is 0 Å². The van der Waals surface area contributed by atoms with Crippen LogP contribution in [0.4, 0.5) is 0 Å². The minimum absolute atomic E-state index is 0.0118. The van der Waals surface area contributed by atoms with Crippen LogP contribution in [0.25, 0.3) is 0 Å². The van der Waals surface area contributed by atoms with E-state index in [9.17, 15) is 4.79 Å². The third kappa shape index (κ3) is 5.98. The SMILES string of the molecule is CC#CN(C)Cc1cn(C(C)(C)C(C)(C)C(=O)NC(C)(C)CC(C)(C)C)nn1. The van der Waals surface area contributed by atoms with E-state index in [4.69, 9.17) is 0 Å². The zero-order chi connectivity index (χ0) is 22.0. The summed E-state index contributed by atoms with van der Waals surface area (Å²) in [6.45, 7) is 21.1. The Balaban J connectivity index is 3.02. The van der Waals surface area contributed by atoms with Gasteiger partial charge < -0.3 is 10.2 Å². The van der Waals surface area contributed by atoms with Crippen molar-refractivity contribution in [2.75, 3.05) is 7.05 Å². The van der Waals surface area contributed by atoms with E-state index in [1.165, 1.54) is 0 Å². The zero-order valence-corrected chi connectivity index (χ0v) is 19.7. The van der Waals surface area contributed by atoms with Crippen LogP contribution < -0.4 is 5.32 Å². The summed E-state index contributed by atoms with van der Waals surface area (Å²) >= 11 is 0. The predicted molar refractivity (Wildman–Crippen MR) is 114 cm³/mol. The molecule has 0 atom stereocenters. The van der Waals surface area contributed by atoms with Gasteiger partial charge in [-0.05, 0) is 60.3 Å². The molecule has 6 heteroatoms. The van der Waals surface area contributed by atoms with Crippen LogP contribution in [0.15, 0.2) is 6.20 Å². The molecule has 0 bridgehead atoms. The van der Waals surface area contributed by atoms with E-state index in [0.717, 1.165) is 12.1 Å². The van der Waals surface area contributed by atoms with E-state index in [-0.39, 0.29) is 16.9 Å². The van der Waals surface area contributed by atoms with Crippen LogP contribution in [0.1, 0.15) is 81.4 Å². The maximum atomic E-state index is 13.3. The first-order valence-corrected chi connectivity index (χ1v) is 9.90. The fourth-order valence-electron chi connectivity index (χ4n) is 3.52. The molecular weight excluding hydrogens is 350 g/mol. The molecule has 0 unspecified atom stereocenters. The van der Waals surface area contributed by atoms with Crippen molar-refractivity contribution in [3.05, 3.63) is 11.9 Å². The maximum Gasteiger partial charge on any atom is 0.228 e. The molecule has 0 aliphatic heterocycles. The first kappa shape index (κ1) is 24.0. The van der Waals surface area contributed by atoms with Crippen LogP contribution in [0, 0.1) is 22.8 Å². The number of amides is 1. The number of nitrogens with zero attached hydrogens (tertiary/aromatic N) is 4. The largest absolute Gasteiger partial charge is 0.351 e. The molecule has 0 aliphatic rings. The first-order valence-electron chi connectivity index (χ1n) is 9.90. The molecule has 158 valence electrons. The normalized spacial score (nSPS) is 13.0. The highest BCUT2D eigenvalue weighted by Crippen LogP contribution is 2.38. The van der Waals surface area contributed by atoms with Crippen molar-refractivity contribution in [2.45, 2.75) is 93.3 Å². The molecule has 0 aromatic carbocycles.